The maximum Gasteiger partial charge on any atom is 0.326 e. The number of thiocarbonyl (C=S) groups is 1. The molecule has 16 N–H and O–H groups in total. The summed E-state index contributed by atoms with van der Waals surface area (Å²) in [6.07, 6.45) is 5.63. The summed E-state index contributed by atoms with van der Waals surface area (Å²) in [6, 6.07) is 7.45. The molecule has 0 aromatic heterocycles. The number of unbranched alkanes of at least 4 members (excludes halogenated alkanes) is 6. The van der Waals surface area contributed by atoms with Crippen molar-refractivity contribution in [2.75, 3.05) is 96.9 Å². The summed E-state index contributed by atoms with van der Waals surface area (Å²) in [7, 11) is 0. The summed E-state index contributed by atoms with van der Waals surface area (Å²) in [4.78, 5) is 166. The third-order valence-corrected chi connectivity index (χ3v) is 16.6. The van der Waals surface area contributed by atoms with Crippen LogP contribution in [0.2, 0.25) is 0 Å². The van der Waals surface area contributed by atoms with Crippen LogP contribution in [0, 0.1) is 0 Å². The second kappa shape index (κ2) is 44.5. The van der Waals surface area contributed by atoms with Gasteiger partial charge >= 0.3 is 53.8 Å². The van der Waals surface area contributed by atoms with E-state index in [0.29, 0.717) is 82.0 Å². The molecule has 1 aliphatic carbocycles. The van der Waals surface area contributed by atoms with Gasteiger partial charge in [0.05, 0.1) is 26.2 Å². The van der Waals surface area contributed by atoms with Gasteiger partial charge in [-0.3, -0.25) is 62.8 Å². The predicted octanol–water partition coefficient (Wildman–Crippen LogP) is 0.902. The second-order valence-electron chi connectivity index (χ2n) is 24.3. The molecule has 2 aromatic rings. The zero-order valence-electron chi connectivity index (χ0n) is 55.3. The van der Waals surface area contributed by atoms with Gasteiger partial charge in [0, 0.05) is 108 Å². The van der Waals surface area contributed by atoms with Crippen molar-refractivity contribution in [2.45, 2.75) is 146 Å². The van der Waals surface area contributed by atoms with E-state index in [-0.39, 0.29) is 122 Å². The molecule has 33 nitrogen and oxygen atoms in total. The maximum atomic E-state index is 13.9. The first-order valence-corrected chi connectivity index (χ1v) is 33.4. The van der Waals surface area contributed by atoms with Crippen LogP contribution in [0.1, 0.15) is 119 Å². The molecule has 0 spiro atoms. The SMILES string of the molecule is O=C(O)CC[C@H](NC(=O)N[C@@H](CCC(=O)NCCCCCCCC(=O)N[C@@H](CCCCNC(=S)Nc1ccc(CC2CN(CC(=O)O)CCN(CC(=O)O)CCN(CC(=O)O)CCN2CC(=O)O)cc1)C(=O)N[C@@H](CCCCNC(=O)C1=Cc2ccccc2C1)C(=O)O)C(=O)O)C(=O)O. The highest BCUT2D eigenvalue weighted by molar-refractivity contribution is 7.80. The molecule has 1 unspecified atom stereocenters. The molecule has 34 heteroatoms. The quantitative estimate of drug-likeness (QED) is 0.0324. The van der Waals surface area contributed by atoms with Gasteiger partial charge in [-0.05, 0) is 118 Å². The first-order chi connectivity index (χ1) is 47.1. The van der Waals surface area contributed by atoms with Crippen molar-refractivity contribution in [3.8, 4) is 0 Å². The molecule has 2 aliphatic rings. The average Bonchev–Trinajstić information content (AvgIpc) is 1.66. The first kappa shape index (κ1) is 82.0. The van der Waals surface area contributed by atoms with Crippen molar-refractivity contribution < 1.29 is 103 Å². The highest BCUT2D eigenvalue weighted by Crippen LogP contribution is 2.25. The van der Waals surface area contributed by atoms with E-state index in [9.17, 15) is 98.1 Å². The van der Waals surface area contributed by atoms with Crippen LogP contribution in [0.5, 0.6) is 0 Å². The predicted molar refractivity (Wildman–Crippen MR) is 361 cm³/mol. The van der Waals surface area contributed by atoms with E-state index in [2.05, 4.69) is 37.2 Å². The first-order valence-electron chi connectivity index (χ1n) is 33.0. The number of benzene rings is 2. The molecule has 99 heavy (non-hydrogen) atoms. The zero-order valence-corrected chi connectivity index (χ0v) is 56.1. The molecule has 546 valence electrons. The van der Waals surface area contributed by atoms with Gasteiger partial charge < -0.3 is 83.4 Å². The summed E-state index contributed by atoms with van der Waals surface area (Å²) < 4.78 is 0. The molecule has 1 fully saturated rings. The Morgan fingerprint density at radius 2 is 0.970 bits per heavy atom. The molecule has 0 radical (unpaired) electrons. The number of hydrogen-bond donors (Lipinski definition) is 16. The third kappa shape index (κ3) is 34.1. The Kier molecular flexibility index (Phi) is 36.9. The van der Waals surface area contributed by atoms with Crippen LogP contribution in [0.3, 0.4) is 0 Å². The molecule has 0 bridgehead atoms. The molecule has 2 aromatic carbocycles. The molecule has 4 rings (SSSR count). The topological polar surface area (TPSA) is 493 Å². The number of carboxylic acids is 8. The monoisotopic (exact) mass is 1410 g/mol. The fraction of sp³-hybridized carbons (Fsp3) is 0.569. The molecule has 1 aliphatic heterocycles. The van der Waals surface area contributed by atoms with Crippen LogP contribution >= 0.6 is 12.2 Å². The zero-order chi connectivity index (χ0) is 72.8. The number of anilines is 1. The molecule has 1 heterocycles. The Hall–Kier alpha value is -9.38. The van der Waals surface area contributed by atoms with Gasteiger partial charge in [0.15, 0.2) is 5.11 Å². The molecular formula is C65H94N12O21S. The van der Waals surface area contributed by atoms with Crippen molar-refractivity contribution in [3.63, 3.8) is 0 Å². The number of carboxylic acid groups (broad SMARTS) is 8. The number of nitrogens with zero attached hydrogens (tertiary/aromatic N) is 4. The van der Waals surface area contributed by atoms with Crippen molar-refractivity contribution in [3.05, 3.63) is 70.8 Å². The van der Waals surface area contributed by atoms with Crippen LogP contribution in [-0.2, 0) is 70.4 Å². The number of urea groups is 1. The number of hydrogen-bond acceptors (Lipinski definition) is 18. The van der Waals surface area contributed by atoms with Gasteiger partial charge in [-0.1, -0.05) is 55.7 Å². The van der Waals surface area contributed by atoms with Crippen LogP contribution in [-0.4, -0.2) is 265 Å². The summed E-state index contributed by atoms with van der Waals surface area (Å²) in [5.41, 5.74) is 3.98. The number of carbonyl (C=O) groups excluding carboxylic acids is 5. The van der Waals surface area contributed by atoms with Crippen molar-refractivity contribution >= 4 is 107 Å². The summed E-state index contributed by atoms with van der Waals surface area (Å²) in [5, 5.41) is 98.3. The van der Waals surface area contributed by atoms with E-state index < -0.39 is 128 Å². The van der Waals surface area contributed by atoms with Gasteiger partial charge in [0.1, 0.15) is 24.2 Å². The fourth-order valence-electron chi connectivity index (χ4n) is 11.2. The van der Waals surface area contributed by atoms with Crippen LogP contribution < -0.4 is 42.5 Å². The van der Waals surface area contributed by atoms with Crippen LogP contribution in [0.25, 0.3) is 6.08 Å². The number of nitrogens with one attached hydrogen (secondary N) is 8. The van der Waals surface area contributed by atoms with E-state index >= 15 is 0 Å². The largest absolute Gasteiger partial charge is 0.481 e. The Bertz CT molecular complexity index is 3120. The molecular weight excluding hydrogens is 1320 g/mol. The lowest BCUT2D eigenvalue weighted by molar-refractivity contribution is -0.142. The average molecular weight is 1410 g/mol. The Morgan fingerprint density at radius 1 is 0.465 bits per heavy atom. The lowest BCUT2D eigenvalue weighted by Gasteiger charge is -2.37. The number of amides is 6. The van der Waals surface area contributed by atoms with Gasteiger partial charge in [-0.2, -0.15) is 0 Å². The minimum Gasteiger partial charge on any atom is -0.481 e. The lowest BCUT2D eigenvalue weighted by Crippen LogP contribution is -2.53. The van der Waals surface area contributed by atoms with Crippen molar-refractivity contribution in [1.82, 2.24) is 56.8 Å². The molecule has 0 saturated carbocycles. The Labute approximate surface area is 577 Å². The van der Waals surface area contributed by atoms with Gasteiger partial charge in [-0.15, -0.1) is 0 Å². The summed E-state index contributed by atoms with van der Waals surface area (Å²) in [6.45, 7) is 0.256. The van der Waals surface area contributed by atoms with Crippen molar-refractivity contribution in [2.24, 2.45) is 0 Å². The highest BCUT2D eigenvalue weighted by Gasteiger charge is 2.31. The maximum absolute atomic E-state index is 13.9. The van der Waals surface area contributed by atoms with Gasteiger partial charge in [0.2, 0.25) is 23.6 Å². The normalized spacial score (nSPS) is 15.8. The minimum absolute atomic E-state index is 0.0386. The Morgan fingerprint density at radius 3 is 1.56 bits per heavy atom. The molecule has 6 amide bonds. The van der Waals surface area contributed by atoms with E-state index in [0.717, 1.165) is 16.7 Å². The lowest BCUT2D eigenvalue weighted by atomic mass is 10.0. The van der Waals surface area contributed by atoms with E-state index in [1.54, 1.807) is 43.9 Å². The number of rotatable bonds is 44. The standard InChI is InChI=1S/C65H94N12O21S/c78-52(23-21-50(62(94)95)72-64(98)73-51(63(96)97)22-24-54(80)81)66-25-9-3-1-2-4-16-53(79)70-48(60(91)71-49(61(92)93)15-8-10-26-67-59(90)45-35-43-12-5-6-13-44(43)36-45)14-7-11-27-68-65(99)69-46-19-17-42(18-20-46)34-47-37-76(40-57(86)87)31-30-74(38-55(82)83)28-29-75(39-56(84)85)32-33-77(47)41-58(88)89/h5-6,12-13,17-20,35,47-51H,1-4,7-11,14-16,21-34,36-41H2,(H,66,78)(H,67,90)(H,70,79)(H,71,91)(H,80,81)(H,82,83)(H,84,85)(H,86,87)(H,88,89)(H,92,93)(H,94,95)(H,96,97)(H2,68,69,99)(H2,72,73,98)/t47?,48-,49-,50-,51-/m0/s1. The summed E-state index contributed by atoms with van der Waals surface area (Å²) >= 11 is 5.58. The Balaban J connectivity index is 1.30. The van der Waals surface area contributed by atoms with E-state index in [1.807, 2.05) is 35.7 Å². The minimum atomic E-state index is -1.59. The van der Waals surface area contributed by atoms with Gasteiger partial charge in [0.25, 0.3) is 0 Å². The number of carbonyl (C=O) groups is 13. The highest BCUT2D eigenvalue weighted by atomic mass is 32.1. The summed E-state index contributed by atoms with van der Waals surface area (Å²) in [5.74, 6) is -11.9. The van der Waals surface area contributed by atoms with Crippen LogP contribution in [0.4, 0.5) is 10.5 Å². The second-order valence-corrected chi connectivity index (χ2v) is 24.7. The van der Waals surface area contributed by atoms with Crippen molar-refractivity contribution in [1.29, 1.82) is 0 Å². The van der Waals surface area contributed by atoms with E-state index in [1.165, 1.54) is 0 Å². The number of aliphatic carboxylic acids is 8. The third-order valence-electron chi connectivity index (χ3n) is 16.4. The molecule has 5 atom stereocenters. The smallest absolute Gasteiger partial charge is 0.326 e. The fourth-order valence-corrected chi connectivity index (χ4v) is 11.4. The number of fused-ring (bicyclic) bond motifs is 1. The molecule has 1 saturated heterocycles. The van der Waals surface area contributed by atoms with E-state index in [4.69, 9.17) is 17.3 Å². The van der Waals surface area contributed by atoms with Gasteiger partial charge in [-0.25, -0.2) is 19.2 Å². The van der Waals surface area contributed by atoms with Crippen LogP contribution in [0.15, 0.2) is 54.1 Å².